The van der Waals surface area contributed by atoms with Crippen LogP contribution in [0.4, 0.5) is 0 Å². The molecule has 0 spiro atoms. The lowest BCUT2D eigenvalue weighted by atomic mass is 10.1. The molecule has 5 heteroatoms. The number of ether oxygens (including phenoxy) is 2. The summed E-state index contributed by atoms with van der Waals surface area (Å²) < 4.78 is 11.4. The van der Waals surface area contributed by atoms with E-state index >= 15 is 0 Å². The number of unbranched alkanes of at least 4 members (excludes halogenated alkanes) is 10. The van der Waals surface area contributed by atoms with Gasteiger partial charge in [-0.3, -0.25) is 9.59 Å². The Labute approximate surface area is 173 Å². The van der Waals surface area contributed by atoms with Crippen molar-refractivity contribution in [2.24, 2.45) is 0 Å². The van der Waals surface area contributed by atoms with Crippen LogP contribution in [-0.4, -0.2) is 56.8 Å². The summed E-state index contributed by atoms with van der Waals surface area (Å²) in [6, 6.07) is 0. The minimum atomic E-state index is -0.419. The maximum absolute atomic E-state index is 12.1. The highest BCUT2D eigenvalue weighted by molar-refractivity contribution is 5.72. The van der Waals surface area contributed by atoms with E-state index in [-0.39, 0.29) is 18.4 Å². The van der Waals surface area contributed by atoms with Crippen molar-refractivity contribution >= 4 is 11.9 Å². The molecular weight excluding hydrogens is 354 g/mol. The summed E-state index contributed by atoms with van der Waals surface area (Å²) in [5.74, 6) is -0.536. The van der Waals surface area contributed by atoms with Crippen LogP contribution in [0.25, 0.3) is 0 Å². The summed E-state index contributed by atoms with van der Waals surface area (Å²) in [7, 11) is 6.05. The lowest BCUT2D eigenvalue weighted by Gasteiger charge is -2.28. The number of nitrogens with zero attached hydrogens (tertiary/aromatic N) is 1. The minimum absolute atomic E-state index is 0.138. The Bertz CT molecular complexity index is 404. The molecule has 1 unspecified atom stereocenters. The molecule has 0 saturated carbocycles. The average molecular weight is 401 g/mol. The van der Waals surface area contributed by atoms with Gasteiger partial charge in [-0.05, 0) is 6.42 Å². The van der Waals surface area contributed by atoms with Crippen molar-refractivity contribution in [3.63, 3.8) is 0 Å². The number of likely N-dealkylation sites (N-methyl/N-ethyl adjacent to an activating group) is 1. The Morgan fingerprint density at radius 2 is 1.25 bits per heavy atom. The van der Waals surface area contributed by atoms with Crippen LogP contribution in [0.5, 0.6) is 0 Å². The van der Waals surface area contributed by atoms with Gasteiger partial charge < -0.3 is 14.0 Å². The average Bonchev–Trinajstić information content (AvgIpc) is 2.61. The molecule has 0 bridgehead atoms. The Kier molecular flexibility index (Phi) is 16.2. The molecule has 0 aromatic heterocycles. The molecule has 0 aliphatic heterocycles. The van der Waals surface area contributed by atoms with Gasteiger partial charge in [0.25, 0.3) is 0 Å². The third-order valence-electron chi connectivity index (χ3n) is 4.74. The normalized spacial score (nSPS) is 12.6. The Morgan fingerprint density at radius 1 is 0.750 bits per heavy atom. The van der Waals surface area contributed by atoms with E-state index in [2.05, 4.69) is 6.92 Å². The summed E-state index contributed by atoms with van der Waals surface area (Å²) in [5.41, 5.74) is 0. The number of hydrogen-bond acceptors (Lipinski definition) is 4. The second-order valence-electron chi connectivity index (χ2n) is 8.90. The second kappa shape index (κ2) is 16.8. The van der Waals surface area contributed by atoms with E-state index in [1.165, 1.54) is 57.8 Å². The quantitative estimate of drug-likeness (QED) is 0.179. The fraction of sp³-hybridized carbons (Fsp3) is 0.913. The molecule has 5 nitrogen and oxygen atoms in total. The van der Waals surface area contributed by atoms with Crippen molar-refractivity contribution in [3.05, 3.63) is 0 Å². The molecule has 28 heavy (non-hydrogen) atoms. The zero-order valence-electron chi connectivity index (χ0n) is 19.3. The first kappa shape index (κ1) is 26.9. The molecule has 0 fully saturated rings. The molecule has 0 N–H and O–H groups in total. The Morgan fingerprint density at radius 3 is 1.71 bits per heavy atom. The highest BCUT2D eigenvalue weighted by Gasteiger charge is 2.25. The van der Waals surface area contributed by atoms with Crippen LogP contribution in [0.2, 0.25) is 0 Å². The second-order valence-corrected chi connectivity index (χ2v) is 8.90. The van der Waals surface area contributed by atoms with Gasteiger partial charge in [0.05, 0.1) is 34.2 Å². The largest absolute Gasteiger partial charge is 0.466 e. The first-order chi connectivity index (χ1) is 13.3. The van der Waals surface area contributed by atoms with Crippen LogP contribution in [0.1, 0.15) is 97.3 Å². The molecule has 1 atom stereocenters. The summed E-state index contributed by atoms with van der Waals surface area (Å²) in [6.45, 7) is 5.08. The standard InChI is InChI=1S/C23H46NO4/c1-6-8-9-10-11-12-13-14-15-16-17-18-27-23(26)19-21(20-24(3,4)5)28-22(25)7-2/h21H,6-20H2,1-5H3/q+1. The lowest BCUT2D eigenvalue weighted by Crippen LogP contribution is -2.44. The van der Waals surface area contributed by atoms with Crippen LogP contribution in [0, 0.1) is 0 Å². The molecule has 0 rings (SSSR count). The fourth-order valence-corrected chi connectivity index (χ4v) is 3.22. The van der Waals surface area contributed by atoms with Gasteiger partial charge in [0, 0.05) is 6.42 Å². The van der Waals surface area contributed by atoms with E-state index in [1.807, 2.05) is 21.1 Å². The first-order valence-electron chi connectivity index (χ1n) is 11.4. The van der Waals surface area contributed by atoms with Gasteiger partial charge in [-0.1, -0.05) is 78.1 Å². The van der Waals surface area contributed by atoms with Crippen LogP contribution in [-0.2, 0) is 19.1 Å². The van der Waals surface area contributed by atoms with Crippen molar-refractivity contribution in [2.45, 2.75) is 103 Å². The molecule has 0 aliphatic carbocycles. The van der Waals surface area contributed by atoms with Gasteiger partial charge in [-0.15, -0.1) is 0 Å². The summed E-state index contributed by atoms with van der Waals surface area (Å²) >= 11 is 0. The first-order valence-corrected chi connectivity index (χ1v) is 11.4. The summed E-state index contributed by atoms with van der Waals surface area (Å²) in [6.07, 6.45) is 14.0. The van der Waals surface area contributed by atoms with Gasteiger partial charge in [-0.25, -0.2) is 0 Å². The zero-order chi connectivity index (χ0) is 21.3. The van der Waals surface area contributed by atoms with Crippen molar-refractivity contribution in [2.75, 3.05) is 34.3 Å². The predicted octanol–water partition coefficient (Wildman–Crippen LogP) is 5.26. The summed E-state index contributed by atoms with van der Waals surface area (Å²) in [5, 5.41) is 0. The third kappa shape index (κ3) is 18.3. The Balaban J connectivity index is 3.76. The van der Waals surface area contributed by atoms with Gasteiger partial charge >= 0.3 is 11.9 Å². The monoisotopic (exact) mass is 400 g/mol. The van der Waals surface area contributed by atoms with E-state index in [0.29, 0.717) is 24.1 Å². The highest BCUT2D eigenvalue weighted by atomic mass is 16.6. The topological polar surface area (TPSA) is 52.6 Å². The fourth-order valence-electron chi connectivity index (χ4n) is 3.22. The highest BCUT2D eigenvalue weighted by Crippen LogP contribution is 2.12. The van der Waals surface area contributed by atoms with Crippen molar-refractivity contribution < 1.29 is 23.5 Å². The molecule has 0 aromatic carbocycles. The minimum Gasteiger partial charge on any atom is -0.466 e. The van der Waals surface area contributed by atoms with Crippen molar-refractivity contribution in [1.29, 1.82) is 0 Å². The molecule has 166 valence electrons. The number of carbonyl (C=O) groups excluding carboxylic acids is 2. The van der Waals surface area contributed by atoms with Crippen LogP contribution in [0.15, 0.2) is 0 Å². The molecular formula is C23H46NO4+. The van der Waals surface area contributed by atoms with Crippen LogP contribution >= 0.6 is 0 Å². The zero-order valence-corrected chi connectivity index (χ0v) is 19.3. The van der Waals surface area contributed by atoms with Gasteiger partial charge in [0.15, 0.2) is 6.10 Å². The van der Waals surface area contributed by atoms with Gasteiger partial charge in [-0.2, -0.15) is 0 Å². The van der Waals surface area contributed by atoms with Crippen LogP contribution < -0.4 is 0 Å². The van der Waals surface area contributed by atoms with Gasteiger partial charge in [0.2, 0.25) is 0 Å². The maximum atomic E-state index is 12.1. The van der Waals surface area contributed by atoms with E-state index in [4.69, 9.17) is 9.47 Å². The molecule has 0 aromatic rings. The van der Waals surface area contributed by atoms with Crippen LogP contribution in [0.3, 0.4) is 0 Å². The third-order valence-corrected chi connectivity index (χ3v) is 4.74. The number of rotatable bonds is 18. The molecule has 0 amide bonds. The smallest absolute Gasteiger partial charge is 0.309 e. The van der Waals surface area contributed by atoms with E-state index in [9.17, 15) is 9.59 Å². The lowest BCUT2D eigenvalue weighted by molar-refractivity contribution is -0.873. The Hall–Kier alpha value is -1.10. The van der Waals surface area contributed by atoms with E-state index < -0.39 is 6.10 Å². The van der Waals surface area contributed by atoms with Crippen molar-refractivity contribution in [1.82, 2.24) is 0 Å². The predicted molar refractivity (Wildman–Crippen MR) is 115 cm³/mol. The number of carbonyl (C=O) groups is 2. The number of quaternary nitrogens is 1. The molecule has 0 saturated heterocycles. The van der Waals surface area contributed by atoms with Gasteiger partial charge in [0.1, 0.15) is 6.54 Å². The molecule has 0 aliphatic rings. The number of esters is 2. The maximum Gasteiger partial charge on any atom is 0.309 e. The summed E-state index contributed by atoms with van der Waals surface area (Å²) in [4.78, 5) is 23.7. The SMILES string of the molecule is CCCCCCCCCCCCCOC(=O)CC(C[N+](C)(C)C)OC(=O)CC. The number of hydrogen-bond donors (Lipinski definition) is 0. The molecule has 0 radical (unpaired) electrons. The van der Waals surface area contributed by atoms with E-state index in [0.717, 1.165) is 12.8 Å². The van der Waals surface area contributed by atoms with Crippen molar-refractivity contribution in [3.8, 4) is 0 Å². The van der Waals surface area contributed by atoms with E-state index in [1.54, 1.807) is 6.92 Å². The molecule has 0 heterocycles.